The number of halogens is 1. The molecule has 1 aromatic heterocycles. The Labute approximate surface area is 130 Å². The quantitative estimate of drug-likeness (QED) is 0.767. The summed E-state index contributed by atoms with van der Waals surface area (Å²) in [6.07, 6.45) is 0.836. The number of carbonyl (C=O) groups is 2. The molecule has 0 fully saturated rings. The number of hydrogen-bond donors (Lipinski definition) is 2. The molecule has 0 aliphatic rings. The fraction of sp³-hybridized carbons (Fsp3) is 0.583. The number of rotatable bonds is 7. The van der Waals surface area contributed by atoms with Crippen LogP contribution in [-0.4, -0.2) is 38.6 Å². The molecule has 1 atom stereocenters. The number of nitrogens with zero attached hydrogens (tertiary/aromatic N) is 2. The van der Waals surface area contributed by atoms with E-state index < -0.39 is 12.0 Å². The molecule has 2 N–H and O–H groups in total. The molecule has 20 heavy (non-hydrogen) atoms. The Morgan fingerprint density at radius 2 is 2.20 bits per heavy atom. The number of carbonyl (C=O) groups excluding carboxylic acids is 1. The van der Waals surface area contributed by atoms with Gasteiger partial charge in [0.2, 0.25) is 5.91 Å². The van der Waals surface area contributed by atoms with Gasteiger partial charge in [0.15, 0.2) is 0 Å². The zero-order valence-corrected chi connectivity index (χ0v) is 14.0. The Balaban J connectivity index is 2.61. The van der Waals surface area contributed by atoms with Crippen LogP contribution < -0.4 is 5.32 Å². The zero-order valence-electron chi connectivity index (χ0n) is 11.6. The minimum Gasteiger partial charge on any atom is -0.480 e. The SMILES string of the molecule is CCc1nn(C)c(CSC[C@H](NC(C)=O)C(=O)O)c1Br. The molecule has 1 heterocycles. The second-order valence-corrected chi connectivity index (χ2v) is 6.11. The molecule has 0 bridgehead atoms. The van der Waals surface area contributed by atoms with E-state index in [1.807, 2.05) is 14.0 Å². The van der Waals surface area contributed by atoms with Crippen LogP contribution in [0.15, 0.2) is 4.47 Å². The Bertz CT molecular complexity index is 504. The van der Waals surface area contributed by atoms with Crippen LogP contribution in [0.1, 0.15) is 25.2 Å². The molecular formula is C12H18BrN3O3S. The molecule has 0 aliphatic carbocycles. The first-order valence-electron chi connectivity index (χ1n) is 6.14. The van der Waals surface area contributed by atoms with Crippen LogP contribution in [0, 0.1) is 0 Å². The molecule has 0 saturated heterocycles. The highest BCUT2D eigenvalue weighted by Gasteiger charge is 2.19. The van der Waals surface area contributed by atoms with E-state index in [1.54, 1.807) is 4.68 Å². The number of hydrogen-bond acceptors (Lipinski definition) is 4. The Kier molecular flexibility index (Phi) is 6.54. The summed E-state index contributed by atoms with van der Waals surface area (Å²) in [5.41, 5.74) is 2.00. The largest absolute Gasteiger partial charge is 0.480 e. The first-order chi connectivity index (χ1) is 9.36. The maximum atomic E-state index is 11.0. The number of carboxylic acids is 1. The highest BCUT2D eigenvalue weighted by atomic mass is 79.9. The topological polar surface area (TPSA) is 84.2 Å². The Morgan fingerprint density at radius 1 is 1.55 bits per heavy atom. The van der Waals surface area contributed by atoms with Gasteiger partial charge in [-0.15, -0.1) is 0 Å². The molecule has 112 valence electrons. The van der Waals surface area contributed by atoms with Gasteiger partial charge in [0.05, 0.1) is 15.9 Å². The highest BCUT2D eigenvalue weighted by Crippen LogP contribution is 2.25. The number of thioether (sulfide) groups is 1. The summed E-state index contributed by atoms with van der Waals surface area (Å²) >= 11 is 4.97. The second-order valence-electron chi connectivity index (χ2n) is 4.29. The van der Waals surface area contributed by atoms with Gasteiger partial charge in [-0.05, 0) is 22.4 Å². The third-order valence-electron chi connectivity index (χ3n) is 2.70. The third-order valence-corrected chi connectivity index (χ3v) is 4.66. The van der Waals surface area contributed by atoms with Crippen molar-refractivity contribution in [1.29, 1.82) is 0 Å². The van der Waals surface area contributed by atoms with E-state index in [4.69, 9.17) is 5.11 Å². The molecule has 1 rings (SSSR count). The van der Waals surface area contributed by atoms with Gasteiger partial charge >= 0.3 is 5.97 Å². The van der Waals surface area contributed by atoms with Gasteiger partial charge in [-0.25, -0.2) is 4.79 Å². The molecule has 0 aliphatic heterocycles. The second kappa shape index (κ2) is 7.68. The average molecular weight is 364 g/mol. The van der Waals surface area contributed by atoms with Gasteiger partial charge in [0.25, 0.3) is 0 Å². The lowest BCUT2D eigenvalue weighted by molar-refractivity contribution is -0.140. The van der Waals surface area contributed by atoms with Crippen molar-refractivity contribution >= 4 is 39.6 Å². The maximum Gasteiger partial charge on any atom is 0.327 e. The Morgan fingerprint density at radius 3 is 2.65 bits per heavy atom. The summed E-state index contributed by atoms with van der Waals surface area (Å²) in [6.45, 7) is 3.34. The zero-order chi connectivity index (χ0) is 15.3. The van der Waals surface area contributed by atoms with Crippen molar-refractivity contribution in [3.63, 3.8) is 0 Å². The van der Waals surface area contributed by atoms with Crippen LogP contribution in [0.5, 0.6) is 0 Å². The number of nitrogens with one attached hydrogen (secondary N) is 1. The van der Waals surface area contributed by atoms with Crippen molar-refractivity contribution in [3.05, 3.63) is 15.9 Å². The lowest BCUT2D eigenvalue weighted by Gasteiger charge is -2.12. The van der Waals surface area contributed by atoms with Crippen molar-refractivity contribution in [2.24, 2.45) is 7.05 Å². The van der Waals surface area contributed by atoms with Crippen molar-refractivity contribution in [2.75, 3.05) is 5.75 Å². The molecule has 0 aromatic carbocycles. The van der Waals surface area contributed by atoms with Crippen LogP contribution in [-0.2, 0) is 28.8 Å². The van der Waals surface area contributed by atoms with Gasteiger partial charge in [-0.3, -0.25) is 9.48 Å². The lowest BCUT2D eigenvalue weighted by atomic mass is 10.3. The first-order valence-corrected chi connectivity index (χ1v) is 8.09. The van der Waals surface area contributed by atoms with Gasteiger partial charge < -0.3 is 10.4 Å². The number of aliphatic carboxylic acids is 1. The summed E-state index contributed by atoms with van der Waals surface area (Å²) < 4.78 is 2.77. The molecule has 0 radical (unpaired) electrons. The molecular weight excluding hydrogens is 346 g/mol. The van der Waals surface area contributed by atoms with Crippen LogP contribution in [0.2, 0.25) is 0 Å². The molecule has 1 amide bonds. The summed E-state index contributed by atoms with van der Waals surface area (Å²) in [5.74, 6) is -0.416. The number of aromatic nitrogens is 2. The van der Waals surface area contributed by atoms with Crippen molar-refractivity contribution in [1.82, 2.24) is 15.1 Å². The molecule has 1 aromatic rings. The van der Waals surface area contributed by atoms with E-state index in [0.29, 0.717) is 11.5 Å². The van der Waals surface area contributed by atoms with Crippen LogP contribution in [0.3, 0.4) is 0 Å². The Hall–Kier alpha value is -1.02. The van der Waals surface area contributed by atoms with Gasteiger partial charge in [-0.2, -0.15) is 16.9 Å². The van der Waals surface area contributed by atoms with Crippen LogP contribution in [0.4, 0.5) is 0 Å². The normalized spacial score (nSPS) is 12.2. The van der Waals surface area contributed by atoms with Crippen LogP contribution >= 0.6 is 27.7 Å². The predicted molar refractivity (Wildman–Crippen MR) is 81.7 cm³/mol. The van der Waals surface area contributed by atoms with E-state index >= 15 is 0 Å². The fourth-order valence-corrected chi connectivity index (χ4v) is 3.72. The standard InChI is InChI=1S/C12H18BrN3O3S/c1-4-8-11(13)10(16(3)15-8)6-20-5-9(12(18)19)14-7(2)17/h9H,4-6H2,1-3H3,(H,14,17)(H,18,19)/t9-/m0/s1. The van der Waals surface area contributed by atoms with Gasteiger partial charge in [-0.1, -0.05) is 6.92 Å². The minimum absolute atomic E-state index is 0.313. The lowest BCUT2D eigenvalue weighted by Crippen LogP contribution is -2.41. The molecule has 0 spiro atoms. The molecule has 0 unspecified atom stereocenters. The van der Waals surface area contributed by atoms with Gasteiger partial charge in [0.1, 0.15) is 6.04 Å². The number of carboxylic acid groups (broad SMARTS) is 1. The third kappa shape index (κ3) is 4.52. The number of amides is 1. The summed E-state index contributed by atoms with van der Waals surface area (Å²) in [7, 11) is 1.86. The van der Waals surface area contributed by atoms with Gasteiger partial charge in [0, 0.05) is 25.5 Å². The summed E-state index contributed by atoms with van der Waals surface area (Å²) in [5, 5.41) is 15.8. The average Bonchev–Trinajstić information content (AvgIpc) is 2.63. The van der Waals surface area contributed by atoms with E-state index in [1.165, 1.54) is 18.7 Å². The summed E-state index contributed by atoms with van der Waals surface area (Å²) in [4.78, 5) is 21.9. The van der Waals surface area contributed by atoms with E-state index in [9.17, 15) is 9.59 Å². The highest BCUT2D eigenvalue weighted by molar-refractivity contribution is 9.10. The van der Waals surface area contributed by atoms with Crippen LogP contribution in [0.25, 0.3) is 0 Å². The van der Waals surface area contributed by atoms with Crippen molar-refractivity contribution in [3.8, 4) is 0 Å². The van der Waals surface area contributed by atoms with E-state index in [2.05, 4.69) is 26.3 Å². The van der Waals surface area contributed by atoms with Crippen molar-refractivity contribution in [2.45, 2.75) is 32.1 Å². The van der Waals surface area contributed by atoms with E-state index in [-0.39, 0.29) is 5.91 Å². The fourth-order valence-electron chi connectivity index (χ4n) is 1.67. The molecule has 8 heteroatoms. The molecule has 6 nitrogen and oxygen atoms in total. The number of aryl methyl sites for hydroxylation is 2. The predicted octanol–water partition coefficient (Wildman–Crippen LogP) is 1.57. The van der Waals surface area contributed by atoms with Crippen molar-refractivity contribution < 1.29 is 14.7 Å². The van der Waals surface area contributed by atoms with E-state index in [0.717, 1.165) is 22.3 Å². The monoisotopic (exact) mass is 363 g/mol. The molecule has 0 saturated carbocycles. The summed E-state index contributed by atoms with van der Waals surface area (Å²) in [6, 6.07) is -0.866. The maximum absolute atomic E-state index is 11.0. The first kappa shape index (κ1) is 17.0. The smallest absolute Gasteiger partial charge is 0.327 e. The minimum atomic E-state index is -1.02.